The first-order valence-electron chi connectivity index (χ1n) is 9.05. The molecule has 2 nitrogen and oxygen atoms in total. The van der Waals surface area contributed by atoms with Crippen LogP contribution in [0.15, 0.2) is 24.3 Å². The molecule has 1 heterocycles. The summed E-state index contributed by atoms with van der Waals surface area (Å²) >= 11 is 0. The Hall–Kier alpha value is -1.51. The van der Waals surface area contributed by atoms with E-state index >= 15 is 0 Å². The van der Waals surface area contributed by atoms with Crippen molar-refractivity contribution in [1.29, 1.82) is 0 Å². The summed E-state index contributed by atoms with van der Waals surface area (Å²) in [6.07, 6.45) is 0. The van der Waals surface area contributed by atoms with Gasteiger partial charge in [-0.3, -0.25) is 4.90 Å². The molecule has 1 aliphatic rings. The van der Waals surface area contributed by atoms with E-state index < -0.39 is 0 Å². The summed E-state index contributed by atoms with van der Waals surface area (Å²) in [7, 11) is 0. The second kappa shape index (κ2) is 7.39. The van der Waals surface area contributed by atoms with Crippen LogP contribution in [0.4, 0.5) is 11.4 Å². The van der Waals surface area contributed by atoms with Gasteiger partial charge in [0.2, 0.25) is 0 Å². The monoisotopic (exact) mass is 358 g/mol. The molecule has 1 aliphatic heterocycles. The lowest BCUT2D eigenvalue weighted by molar-refractivity contribution is -0.818. The molecule has 1 fully saturated rings. The van der Waals surface area contributed by atoms with Crippen LogP contribution in [0.2, 0.25) is 0 Å². The Labute approximate surface area is 159 Å². The van der Waals surface area contributed by atoms with Crippen LogP contribution >= 0.6 is 0 Å². The number of aryl methyl sites for hydroxylation is 6. The number of anilines is 1. The molecule has 3 heteroatoms. The highest BCUT2D eigenvalue weighted by Gasteiger charge is 2.35. The first kappa shape index (κ1) is 19.8. The normalized spacial score (nSPS) is 19.9. The van der Waals surface area contributed by atoms with Gasteiger partial charge in [-0.05, 0) is 59.6 Å². The van der Waals surface area contributed by atoms with Gasteiger partial charge < -0.3 is 17.3 Å². The van der Waals surface area contributed by atoms with E-state index in [1.54, 1.807) is 4.90 Å². The number of hydrogen-bond acceptors (Lipinski definition) is 1. The number of halogens is 1. The molecule has 3 rings (SSSR count). The Kier molecular flexibility index (Phi) is 5.86. The number of benzene rings is 2. The maximum Gasteiger partial charge on any atom is 0.158 e. The van der Waals surface area contributed by atoms with E-state index in [-0.39, 0.29) is 12.4 Å². The number of rotatable bonds is 2. The Morgan fingerprint density at radius 1 is 0.800 bits per heavy atom. The highest BCUT2D eigenvalue weighted by atomic mass is 35.5. The number of nitrogens with one attached hydrogen (secondary N) is 1. The Bertz CT molecular complexity index is 736. The van der Waals surface area contributed by atoms with Crippen LogP contribution in [-0.2, 0) is 0 Å². The van der Waals surface area contributed by atoms with Gasteiger partial charge in [-0.15, -0.1) is 0 Å². The van der Waals surface area contributed by atoms with E-state index in [2.05, 4.69) is 77.6 Å². The molecule has 1 saturated heterocycles. The zero-order chi connectivity index (χ0) is 17.6. The van der Waals surface area contributed by atoms with Gasteiger partial charge in [0.25, 0.3) is 0 Å². The third-order valence-corrected chi connectivity index (χ3v) is 5.39. The molecule has 2 aromatic carbocycles. The van der Waals surface area contributed by atoms with E-state index in [0.717, 1.165) is 13.2 Å². The summed E-state index contributed by atoms with van der Waals surface area (Å²) in [5.41, 5.74) is 11.3. The molecular weight excluding hydrogens is 328 g/mol. The van der Waals surface area contributed by atoms with E-state index in [9.17, 15) is 0 Å². The van der Waals surface area contributed by atoms with Crippen molar-refractivity contribution in [2.75, 3.05) is 18.1 Å². The molecule has 0 radical (unpaired) electrons. The van der Waals surface area contributed by atoms with Gasteiger partial charge in [0.1, 0.15) is 12.2 Å². The molecule has 0 bridgehead atoms. The summed E-state index contributed by atoms with van der Waals surface area (Å²) in [5, 5.41) is 0. The standard InChI is InChI=1S/C22H30N2.ClH/c1-14-8-16(3)21(17(4)9-14)23-12-20(7)24(13-23)22-18(5)10-15(2)11-19(22)6;/h8-11,20H,12-13H2,1-7H3;1H. The van der Waals surface area contributed by atoms with Crippen LogP contribution in [0.25, 0.3) is 0 Å². The first-order chi connectivity index (χ1) is 11.3. The van der Waals surface area contributed by atoms with Gasteiger partial charge in [0, 0.05) is 16.8 Å². The Morgan fingerprint density at radius 3 is 1.72 bits per heavy atom. The highest BCUT2D eigenvalue weighted by Crippen LogP contribution is 2.29. The molecule has 0 spiro atoms. The molecule has 136 valence electrons. The maximum absolute atomic E-state index is 2.61. The Morgan fingerprint density at radius 2 is 1.24 bits per heavy atom. The minimum absolute atomic E-state index is 0. The van der Waals surface area contributed by atoms with Crippen molar-refractivity contribution in [3.05, 3.63) is 57.6 Å². The zero-order valence-corrected chi connectivity index (χ0v) is 17.4. The number of quaternary nitrogens is 1. The molecule has 0 aromatic heterocycles. The summed E-state index contributed by atoms with van der Waals surface area (Å²) in [6, 6.07) is 9.83. The van der Waals surface area contributed by atoms with Crippen LogP contribution in [0.5, 0.6) is 0 Å². The summed E-state index contributed by atoms with van der Waals surface area (Å²) < 4.78 is 0. The fourth-order valence-electron chi connectivity index (χ4n) is 4.74. The predicted molar refractivity (Wildman–Crippen MR) is 104 cm³/mol. The van der Waals surface area contributed by atoms with Crippen LogP contribution in [0.1, 0.15) is 40.3 Å². The third-order valence-electron chi connectivity index (χ3n) is 5.39. The molecule has 2 aromatic rings. The second-order valence-corrected chi connectivity index (χ2v) is 7.81. The number of nitrogens with zero attached hydrogens (tertiary/aromatic N) is 1. The lowest BCUT2D eigenvalue weighted by Gasteiger charge is -2.25. The van der Waals surface area contributed by atoms with Crippen molar-refractivity contribution < 1.29 is 17.3 Å². The van der Waals surface area contributed by atoms with Crippen LogP contribution in [-0.4, -0.2) is 19.3 Å². The summed E-state index contributed by atoms with van der Waals surface area (Å²) in [5.74, 6) is 0. The van der Waals surface area contributed by atoms with Gasteiger partial charge in [0.05, 0.1) is 6.04 Å². The molecule has 25 heavy (non-hydrogen) atoms. The van der Waals surface area contributed by atoms with Crippen LogP contribution < -0.4 is 22.2 Å². The van der Waals surface area contributed by atoms with E-state index in [1.165, 1.54) is 44.8 Å². The number of hydrogen-bond donors (Lipinski definition) is 1. The molecule has 0 saturated carbocycles. The van der Waals surface area contributed by atoms with Crippen molar-refractivity contribution in [3.63, 3.8) is 0 Å². The minimum atomic E-state index is 0. The molecule has 0 amide bonds. The lowest BCUT2D eigenvalue weighted by Crippen LogP contribution is -3.06. The SMILES string of the molecule is Cc1cc(C)c(N2C[NH+](c3c(C)cc(C)cc3C)CC2C)c(C)c1.[Cl-]. The van der Waals surface area contributed by atoms with E-state index in [0.29, 0.717) is 6.04 Å². The highest BCUT2D eigenvalue weighted by molar-refractivity contribution is 5.61. The summed E-state index contributed by atoms with van der Waals surface area (Å²) in [4.78, 5) is 4.20. The third kappa shape index (κ3) is 3.70. The van der Waals surface area contributed by atoms with Crippen LogP contribution in [0.3, 0.4) is 0 Å². The van der Waals surface area contributed by atoms with E-state index in [1.807, 2.05) is 0 Å². The summed E-state index contributed by atoms with van der Waals surface area (Å²) in [6.45, 7) is 18.0. The van der Waals surface area contributed by atoms with Gasteiger partial charge >= 0.3 is 0 Å². The van der Waals surface area contributed by atoms with Crippen LogP contribution in [0, 0.1) is 41.5 Å². The fraction of sp³-hybridized carbons (Fsp3) is 0.455. The average molecular weight is 359 g/mol. The quantitative estimate of drug-likeness (QED) is 0.839. The van der Waals surface area contributed by atoms with Crippen molar-refractivity contribution in [2.24, 2.45) is 0 Å². The predicted octanol–water partition coefficient (Wildman–Crippen LogP) is 0.924. The van der Waals surface area contributed by atoms with E-state index in [4.69, 9.17) is 0 Å². The van der Waals surface area contributed by atoms with Crippen molar-refractivity contribution in [3.8, 4) is 0 Å². The Balaban J connectivity index is 0.00000225. The topological polar surface area (TPSA) is 7.68 Å². The van der Waals surface area contributed by atoms with Gasteiger partial charge in [-0.1, -0.05) is 35.4 Å². The average Bonchev–Trinajstić information content (AvgIpc) is 2.78. The lowest BCUT2D eigenvalue weighted by atomic mass is 10.0. The maximum atomic E-state index is 2.61. The minimum Gasteiger partial charge on any atom is -1.00 e. The van der Waals surface area contributed by atoms with Gasteiger partial charge in [0.15, 0.2) is 6.67 Å². The molecular formula is C22H31ClN2. The van der Waals surface area contributed by atoms with Gasteiger partial charge in [-0.25, -0.2) is 0 Å². The first-order valence-corrected chi connectivity index (χ1v) is 9.05. The largest absolute Gasteiger partial charge is 1.00 e. The van der Waals surface area contributed by atoms with Gasteiger partial charge in [-0.2, -0.15) is 0 Å². The van der Waals surface area contributed by atoms with Crippen molar-refractivity contribution >= 4 is 11.4 Å². The smallest absolute Gasteiger partial charge is 0.158 e. The zero-order valence-electron chi connectivity index (χ0n) is 16.6. The molecule has 2 unspecified atom stereocenters. The fourth-order valence-corrected chi connectivity index (χ4v) is 4.74. The second-order valence-electron chi connectivity index (χ2n) is 7.81. The van der Waals surface area contributed by atoms with Crippen molar-refractivity contribution in [1.82, 2.24) is 0 Å². The molecule has 2 atom stereocenters. The van der Waals surface area contributed by atoms with Crippen molar-refractivity contribution in [2.45, 2.75) is 54.5 Å². The molecule has 0 aliphatic carbocycles. The molecule has 1 N–H and O–H groups in total.